The first-order valence-electron chi connectivity index (χ1n) is 11.8. The highest BCUT2D eigenvalue weighted by Crippen LogP contribution is 2.35. The molecule has 6 nitrogen and oxygen atoms in total. The summed E-state index contributed by atoms with van der Waals surface area (Å²) in [4.78, 5) is 22.6. The van der Waals surface area contributed by atoms with Crippen molar-refractivity contribution in [1.29, 1.82) is 0 Å². The van der Waals surface area contributed by atoms with Crippen molar-refractivity contribution in [2.45, 2.75) is 31.3 Å². The molecular formula is C28H24Cl2N4O2S2. The van der Waals surface area contributed by atoms with Gasteiger partial charge in [-0.1, -0.05) is 23.2 Å². The second-order valence-corrected chi connectivity index (χ2v) is 12.4. The average molecular weight is 584 g/mol. The molecule has 5 aromatic rings. The lowest BCUT2D eigenvalue weighted by Crippen LogP contribution is -2.31. The van der Waals surface area contributed by atoms with Crippen LogP contribution in [-0.4, -0.2) is 32.7 Å². The zero-order valence-electron chi connectivity index (χ0n) is 20.9. The fourth-order valence-electron chi connectivity index (χ4n) is 3.91. The number of rotatable bonds is 7. The van der Waals surface area contributed by atoms with Gasteiger partial charge in [0.15, 0.2) is 0 Å². The number of thiazole rings is 1. The van der Waals surface area contributed by atoms with E-state index in [4.69, 9.17) is 27.9 Å². The number of benzene rings is 2. The lowest BCUT2D eigenvalue weighted by molar-refractivity contribution is -0.152. The van der Waals surface area contributed by atoms with E-state index < -0.39 is 5.60 Å². The highest BCUT2D eigenvalue weighted by molar-refractivity contribution is 8.00. The van der Waals surface area contributed by atoms with E-state index in [2.05, 4.69) is 9.97 Å². The van der Waals surface area contributed by atoms with E-state index in [0.717, 1.165) is 37.9 Å². The van der Waals surface area contributed by atoms with Crippen molar-refractivity contribution in [2.24, 2.45) is 0 Å². The molecule has 2 aromatic carbocycles. The first-order valence-corrected chi connectivity index (χ1v) is 14.2. The van der Waals surface area contributed by atoms with Crippen LogP contribution in [0.2, 0.25) is 10.0 Å². The van der Waals surface area contributed by atoms with Gasteiger partial charge >= 0.3 is 5.97 Å². The predicted molar refractivity (Wildman–Crippen MR) is 158 cm³/mol. The van der Waals surface area contributed by atoms with E-state index in [1.807, 2.05) is 89.8 Å². The summed E-state index contributed by atoms with van der Waals surface area (Å²) in [5, 5.41) is 4.96. The number of hydrogen-bond acceptors (Lipinski definition) is 7. The number of ether oxygens (including phenoxy) is 1. The summed E-state index contributed by atoms with van der Waals surface area (Å²) < 4.78 is 9.53. The molecule has 0 aliphatic heterocycles. The van der Waals surface area contributed by atoms with Crippen molar-refractivity contribution in [3.63, 3.8) is 0 Å². The van der Waals surface area contributed by atoms with Gasteiger partial charge in [-0.05, 0) is 87.3 Å². The maximum Gasteiger partial charge on any atom is 0.327 e. The molecule has 3 heterocycles. The molecule has 0 atom stereocenters. The van der Waals surface area contributed by atoms with Crippen molar-refractivity contribution in [2.75, 3.05) is 10.8 Å². The number of anilines is 1. The van der Waals surface area contributed by atoms with E-state index in [-0.39, 0.29) is 12.5 Å². The van der Waals surface area contributed by atoms with Gasteiger partial charge in [0.2, 0.25) is 0 Å². The van der Waals surface area contributed by atoms with Gasteiger partial charge in [0.1, 0.15) is 23.0 Å². The first kappa shape index (κ1) is 26.6. The number of carbonyl (C=O) groups excluding carboxylic acids is 1. The van der Waals surface area contributed by atoms with Crippen molar-refractivity contribution < 1.29 is 9.53 Å². The fraction of sp³-hybridized carbons (Fsp3) is 0.179. The van der Waals surface area contributed by atoms with E-state index in [0.29, 0.717) is 10.0 Å². The van der Waals surface area contributed by atoms with Crippen LogP contribution in [-0.2, 0) is 9.53 Å². The van der Waals surface area contributed by atoms with E-state index in [1.165, 1.54) is 11.9 Å². The van der Waals surface area contributed by atoms with Gasteiger partial charge in [-0.15, -0.1) is 11.3 Å². The lowest BCUT2D eigenvalue weighted by atomic mass is 10.2. The van der Waals surface area contributed by atoms with Crippen LogP contribution in [0.5, 0.6) is 0 Å². The zero-order chi connectivity index (χ0) is 26.9. The number of halogens is 2. The number of aromatic nitrogens is 3. The molecule has 0 saturated heterocycles. The van der Waals surface area contributed by atoms with Crippen LogP contribution >= 0.6 is 46.5 Å². The number of fused-ring (bicyclic) bond motifs is 1. The minimum absolute atomic E-state index is 0.0374. The molecule has 0 aliphatic carbocycles. The van der Waals surface area contributed by atoms with Crippen LogP contribution in [0.1, 0.15) is 20.8 Å². The number of nitrogens with zero attached hydrogens (tertiary/aromatic N) is 4. The molecule has 0 bridgehead atoms. The summed E-state index contributed by atoms with van der Waals surface area (Å²) in [7, 11) is 0. The van der Waals surface area contributed by atoms with Gasteiger partial charge in [-0.3, -0.25) is 4.79 Å². The number of hydrogen-bond donors (Lipinski definition) is 0. The molecule has 194 valence electrons. The van der Waals surface area contributed by atoms with Gasteiger partial charge in [0.05, 0.1) is 5.52 Å². The molecule has 0 saturated carbocycles. The van der Waals surface area contributed by atoms with Crippen molar-refractivity contribution >= 4 is 69.0 Å². The van der Waals surface area contributed by atoms with Crippen LogP contribution < -0.4 is 4.31 Å². The summed E-state index contributed by atoms with van der Waals surface area (Å²) in [6, 6.07) is 17.4. The molecule has 0 radical (unpaired) electrons. The van der Waals surface area contributed by atoms with Crippen LogP contribution in [0.4, 0.5) is 5.69 Å². The molecule has 3 aromatic heterocycles. The number of pyridine rings is 1. The zero-order valence-corrected chi connectivity index (χ0v) is 24.0. The van der Waals surface area contributed by atoms with Gasteiger partial charge in [0, 0.05) is 55.5 Å². The van der Waals surface area contributed by atoms with E-state index in [9.17, 15) is 4.79 Å². The molecule has 0 amide bonds. The maximum absolute atomic E-state index is 12.8. The lowest BCUT2D eigenvalue weighted by Gasteiger charge is -2.26. The van der Waals surface area contributed by atoms with E-state index >= 15 is 0 Å². The van der Waals surface area contributed by atoms with Gasteiger partial charge in [-0.2, -0.15) is 0 Å². The molecule has 0 unspecified atom stereocenters. The number of esters is 1. The van der Waals surface area contributed by atoms with Crippen LogP contribution in [0.25, 0.3) is 27.3 Å². The second kappa shape index (κ2) is 11.0. The summed E-state index contributed by atoms with van der Waals surface area (Å²) in [5.41, 5.74) is 2.26. The highest BCUT2D eigenvalue weighted by Gasteiger charge is 2.21. The van der Waals surface area contributed by atoms with Crippen LogP contribution in [0, 0.1) is 0 Å². The maximum atomic E-state index is 12.8. The summed E-state index contributed by atoms with van der Waals surface area (Å²) in [6.07, 6.45) is 5.58. The monoisotopic (exact) mass is 582 g/mol. The SMILES string of the molecule is CC(C)(C)OC(=O)CN(Sc1cc(Cl)cc(Cl)c1)c1ccc2c(ccn2-c2cc(-c3nccs3)ccn2)c1. The van der Waals surface area contributed by atoms with Crippen molar-refractivity contribution in [1.82, 2.24) is 14.5 Å². The third-order valence-corrected chi connectivity index (χ3v) is 7.64. The molecular weight excluding hydrogens is 559 g/mol. The minimum atomic E-state index is -0.589. The van der Waals surface area contributed by atoms with Crippen molar-refractivity contribution in [3.8, 4) is 16.4 Å². The standard InChI is InChI=1S/C28H24Cl2N4O2S2/c1-28(2,3)36-26(35)17-34(38-23-15-20(29)14-21(30)16-23)22-4-5-24-18(12-22)7-10-33(24)25-13-19(6-8-31-25)27-32-9-11-37-27/h4-16H,17H2,1-3H3. The Balaban J connectivity index is 1.48. The Hall–Kier alpha value is -3.04. The van der Waals surface area contributed by atoms with Gasteiger partial charge < -0.3 is 13.6 Å². The minimum Gasteiger partial charge on any atom is -0.459 e. The summed E-state index contributed by atoms with van der Waals surface area (Å²) in [6.45, 7) is 5.60. The summed E-state index contributed by atoms with van der Waals surface area (Å²) >= 11 is 15.4. The Labute approximate surface area is 239 Å². The molecule has 0 fully saturated rings. The normalized spacial score (nSPS) is 11.6. The fourth-order valence-corrected chi connectivity index (χ4v) is 6.20. The molecule has 5 rings (SSSR count). The summed E-state index contributed by atoms with van der Waals surface area (Å²) in [5.74, 6) is 0.466. The topological polar surface area (TPSA) is 60.2 Å². The molecule has 0 aliphatic rings. The van der Waals surface area contributed by atoms with Crippen LogP contribution in [0.3, 0.4) is 0 Å². The quantitative estimate of drug-likeness (QED) is 0.142. The van der Waals surface area contributed by atoms with Crippen molar-refractivity contribution in [3.05, 3.63) is 88.6 Å². The molecule has 10 heteroatoms. The molecule has 0 N–H and O–H groups in total. The average Bonchev–Trinajstić information content (AvgIpc) is 3.52. The Bertz CT molecular complexity index is 1580. The Kier molecular flexibility index (Phi) is 7.68. The third-order valence-electron chi connectivity index (χ3n) is 5.38. The van der Waals surface area contributed by atoms with Gasteiger partial charge in [0.25, 0.3) is 0 Å². The predicted octanol–water partition coefficient (Wildman–Crippen LogP) is 8.31. The molecule has 0 spiro atoms. The Morgan fingerprint density at radius 1 is 1.03 bits per heavy atom. The van der Waals surface area contributed by atoms with E-state index in [1.54, 1.807) is 29.8 Å². The van der Waals surface area contributed by atoms with Crippen LogP contribution in [0.15, 0.2) is 83.5 Å². The number of carbonyl (C=O) groups is 1. The highest BCUT2D eigenvalue weighted by atomic mass is 35.5. The Morgan fingerprint density at radius 3 is 2.53 bits per heavy atom. The third kappa shape index (κ3) is 6.32. The second-order valence-electron chi connectivity index (χ2n) is 9.49. The van der Waals surface area contributed by atoms with Gasteiger partial charge in [-0.25, -0.2) is 9.97 Å². The molecule has 38 heavy (non-hydrogen) atoms. The Morgan fingerprint density at radius 2 is 1.82 bits per heavy atom. The largest absolute Gasteiger partial charge is 0.459 e. The first-order chi connectivity index (χ1) is 18.1. The smallest absolute Gasteiger partial charge is 0.327 e.